The number of alkyl halides is 3. The lowest BCUT2D eigenvalue weighted by Crippen LogP contribution is -2.37. The minimum Gasteiger partial charge on any atom is -0.465 e. The van der Waals surface area contributed by atoms with Crippen molar-refractivity contribution in [1.82, 2.24) is 5.32 Å². The highest BCUT2D eigenvalue weighted by Gasteiger charge is 2.31. The van der Waals surface area contributed by atoms with Crippen LogP contribution in [0.5, 0.6) is 0 Å². The van der Waals surface area contributed by atoms with Gasteiger partial charge >= 0.3 is 12.1 Å². The van der Waals surface area contributed by atoms with Crippen LogP contribution in [0.1, 0.15) is 30.9 Å². The van der Waals surface area contributed by atoms with Gasteiger partial charge in [-0.3, -0.25) is 4.79 Å². The van der Waals surface area contributed by atoms with Gasteiger partial charge < -0.3 is 10.1 Å². The van der Waals surface area contributed by atoms with E-state index in [1.54, 1.807) is 6.92 Å². The summed E-state index contributed by atoms with van der Waals surface area (Å²) in [5.74, 6) is -0.257. The number of nitrogens with one attached hydrogen (secondary N) is 1. The van der Waals surface area contributed by atoms with E-state index in [0.29, 0.717) is 19.4 Å². The highest BCUT2D eigenvalue weighted by Crippen LogP contribution is 2.29. The van der Waals surface area contributed by atoms with E-state index in [4.69, 9.17) is 4.74 Å². The molecule has 0 amide bonds. The Morgan fingerprint density at radius 1 is 1.29 bits per heavy atom. The molecule has 2 atom stereocenters. The van der Waals surface area contributed by atoms with Crippen molar-refractivity contribution in [2.24, 2.45) is 0 Å². The van der Waals surface area contributed by atoms with Crippen molar-refractivity contribution in [3.05, 3.63) is 35.4 Å². The van der Waals surface area contributed by atoms with Crippen LogP contribution >= 0.6 is 0 Å². The Kier molecular flexibility index (Phi) is 4.88. The van der Waals surface area contributed by atoms with Crippen LogP contribution < -0.4 is 5.32 Å². The molecule has 0 aromatic heterocycles. The number of hydrogen-bond donors (Lipinski definition) is 1. The molecule has 1 aromatic rings. The zero-order valence-electron chi connectivity index (χ0n) is 11.7. The molecule has 1 aliphatic heterocycles. The number of rotatable bonds is 4. The van der Waals surface area contributed by atoms with Crippen LogP contribution in [0.25, 0.3) is 0 Å². The summed E-state index contributed by atoms with van der Waals surface area (Å²) in [4.78, 5) is 11.6. The average Bonchev–Trinajstić information content (AvgIpc) is 2.87. The predicted octanol–water partition coefficient (Wildman–Crippen LogP) is 2.93. The molecule has 1 N–H and O–H groups in total. The van der Waals surface area contributed by atoms with Crippen LogP contribution in [0.4, 0.5) is 13.2 Å². The Bertz CT molecular complexity index is 485. The van der Waals surface area contributed by atoms with Crippen LogP contribution in [0, 0.1) is 0 Å². The maximum Gasteiger partial charge on any atom is 0.416 e. The minimum absolute atomic E-state index is 0.0937. The van der Waals surface area contributed by atoms with Crippen LogP contribution in [0.3, 0.4) is 0 Å². The third-order valence-corrected chi connectivity index (χ3v) is 3.58. The van der Waals surface area contributed by atoms with Crippen molar-refractivity contribution in [1.29, 1.82) is 0 Å². The Labute approximate surface area is 121 Å². The summed E-state index contributed by atoms with van der Waals surface area (Å²) >= 11 is 0. The van der Waals surface area contributed by atoms with Gasteiger partial charge in [-0.25, -0.2) is 0 Å². The Hall–Kier alpha value is -1.56. The molecule has 1 aromatic carbocycles. The summed E-state index contributed by atoms with van der Waals surface area (Å²) in [7, 11) is 0. The highest BCUT2D eigenvalue weighted by atomic mass is 19.4. The van der Waals surface area contributed by atoms with E-state index in [0.717, 1.165) is 24.1 Å². The normalized spacial score (nSPS) is 22.3. The SMILES string of the molecule is CCOC(=O)C1CCC(Cc2ccc(C(F)(F)F)cc2)N1. The number of halogens is 3. The van der Waals surface area contributed by atoms with E-state index in [1.165, 1.54) is 12.1 Å². The first-order valence-corrected chi connectivity index (χ1v) is 6.99. The fourth-order valence-electron chi connectivity index (χ4n) is 2.52. The molecule has 6 heteroatoms. The molecule has 0 saturated carbocycles. The molecule has 1 heterocycles. The quantitative estimate of drug-likeness (QED) is 0.869. The third-order valence-electron chi connectivity index (χ3n) is 3.58. The van der Waals surface area contributed by atoms with Crippen LogP contribution in [-0.2, 0) is 22.1 Å². The van der Waals surface area contributed by atoms with Crippen molar-refractivity contribution in [3.8, 4) is 0 Å². The Morgan fingerprint density at radius 3 is 2.52 bits per heavy atom. The molecular weight excluding hydrogens is 283 g/mol. The van der Waals surface area contributed by atoms with Gasteiger partial charge in [-0.05, 0) is 43.9 Å². The molecule has 3 nitrogen and oxygen atoms in total. The molecule has 2 rings (SSSR count). The topological polar surface area (TPSA) is 38.3 Å². The van der Waals surface area contributed by atoms with Gasteiger partial charge in [0.25, 0.3) is 0 Å². The molecule has 0 spiro atoms. The number of carbonyl (C=O) groups excluding carboxylic acids is 1. The maximum absolute atomic E-state index is 12.5. The predicted molar refractivity (Wildman–Crippen MR) is 71.7 cm³/mol. The summed E-state index contributed by atoms with van der Waals surface area (Å²) < 4.78 is 42.4. The fourth-order valence-corrected chi connectivity index (χ4v) is 2.52. The third kappa shape index (κ3) is 4.20. The number of ether oxygens (including phenoxy) is 1. The number of carbonyl (C=O) groups is 1. The second-order valence-corrected chi connectivity index (χ2v) is 5.14. The number of hydrogen-bond acceptors (Lipinski definition) is 3. The zero-order valence-corrected chi connectivity index (χ0v) is 11.7. The van der Waals surface area contributed by atoms with E-state index >= 15 is 0 Å². The summed E-state index contributed by atoms with van der Waals surface area (Å²) in [6.07, 6.45) is -2.19. The van der Waals surface area contributed by atoms with Crippen molar-refractivity contribution in [2.45, 2.75) is 44.4 Å². The molecule has 116 valence electrons. The second-order valence-electron chi connectivity index (χ2n) is 5.14. The van der Waals surface area contributed by atoms with Crippen LogP contribution in [0.15, 0.2) is 24.3 Å². The lowest BCUT2D eigenvalue weighted by atomic mass is 10.0. The van der Waals surface area contributed by atoms with Gasteiger partial charge in [0, 0.05) is 6.04 Å². The van der Waals surface area contributed by atoms with Gasteiger partial charge in [-0.2, -0.15) is 13.2 Å². The Morgan fingerprint density at radius 2 is 1.95 bits per heavy atom. The molecule has 0 radical (unpaired) electrons. The van der Waals surface area contributed by atoms with E-state index in [1.807, 2.05) is 0 Å². The first kappa shape index (κ1) is 15.8. The lowest BCUT2D eigenvalue weighted by Gasteiger charge is -2.14. The van der Waals surface area contributed by atoms with Gasteiger partial charge in [-0.15, -0.1) is 0 Å². The summed E-state index contributed by atoms with van der Waals surface area (Å²) in [5, 5.41) is 3.17. The van der Waals surface area contributed by atoms with E-state index in [9.17, 15) is 18.0 Å². The molecule has 0 aliphatic carbocycles. The minimum atomic E-state index is -4.31. The van der Waals surface area contributed by atoms with Crippen molar-refractivity contribution in [3.63, 3.8) is 0 Å². The summed E-state index contributed by atoms with van der Waals surface area (Å²) in [5.41, 5.74) is 0.181. The van der Waals surface area contributed by atoms with Gasteiger partial charge in [0.1, 0.15) is 6.04 Å². The van der Waals surface area contributed by atoms with Gasteiger partial charge in [0.15, 0.2) is 0 Å². The van der Waals surface area contributed by atoms with Crippen molar-refractivity contribution < 1.29 is 22.7 Å². The van der Waals surface area contributed by atoms with Gasteiger partial charge in [-0.1, -0.05) is 12.1 Å². The molecule has 1 saturated heterocycles. The summed E-state index contributed by atoms with van der Waals surface area (Å²) in [6.45, 7) is 2.10. The Balaban J connectivity index is 1.90. The van der Waals surface area contributed by atoms with Crippen molar-refractivity contribution >= 4 is 5.97 Å². The maximum atomic E-state index is 12.5. The first-order valence-electron chi connectivity index (χ1n) is 6.99. The first-order chi connectivity index (χ1) is 9.90. The monoisotopic (exact) mass is 301 g/mol. The van der Waals surface area contributed by atoms with Crippen LogP contribution in [-0.4, -0.2) is 24.7 Å². The second kappa shape index (κ2) is 6.47. The average molecular weight is 301 g/mol. The molecule has 1 fully saturated rings. The molecular formula is C15H18F3NO2. The lowest BCUT2D eigenvalue weighted by molar-refractivity contribution is -0.145. The van der Waals surface area contributed by atoms with Crippen LogP contribution in [0.2, 0.25) is 0 Å². The fraction of sp³-hybridized carbons (Fsp3) is 0.533. The largest absolute Gasteiger partial charge is 0.465 e. The standard InChI is InChI=1S/C15H18F3NO2/c1-2-21-14(20)13-8-7-12(19-13)9-10-3-5-11(6-4-10)15(16,17)18/h3-6,12-13,19H,2,7-9H2,1H3. The number of esters is 1. The summed E-state index contributed by atoms with van der Waals surface area (Å²) in [6, 6.07) is 4.95. The number of benzene rings is 1. The molecule has 2 unspecified atom stereocenters. The van der Waals surface area contributed by atoms with E-state index in [-0.39, 0.29) is 18.1 Å². The van der Waals surface area contributed by atoms with Gasteiger partial charge in [0.2, 0.25) is 0 Å². The molecule has 21 heavy (non-hydrogen) atoms. The zero-order chi connectivity index (χ0) is 15.5. The van der Waals surface area contributed by atoms with E-state index in [2.05, 4.69) is 5.32 Å². The smallest absolute Gasteiger partial charge is 0.416 e. The molecule has 1 aliphatic rings. The van der Waals surface area contributed by atoms with E-state index < -0.39 is 11.7 Å². The molecule has 0 bridgehead atoms. The van der Waals surface area contributed by atoms with Gasteiger partial charge in [0.05, 0.1) is 12.2 Å². The highest BCUT2D eigenvalue weighted by molar-refractivity contribution is 5.76. The van der Waals surface area contributed by atoms with Crippen molar-refractivity contribution in [2.75, 3.05) is 6.61 Å².